The van der Waals surface area contributed by atoms with E-state index in [0.717, 1.165) is 17.1 Å². The maximum Gasteiger partial charge on any atom is 0.193 e. The molecule has 0 fully saturated rings. The number of thiazole rings is 1. The van der Waals surface area contributed by atoms with E-state index in [1.807, 2.05) is 7.05 Å². The summed E-state index contributed by atoms with van der Waals surface area (Å²) in [6, 6.07) is 8.80. The average Bonchev–Trinajstić information content (AvgIpc) is 2.97. The number of nitrogens with one attached hydrogen (secondary N) is 1. The second-order valence-electron chi connectivity index (χ2n) is 4.39. The summed E-state index contributed by atoms with van der Waals surface area (Å²) in [6.45, 7) is 0. The molecule has 3 aromatic rings. The molecule has 1 unspecified atom stereocenters. The number of imidazole rings is 1. The molecule has 1 aromatic carbocycles. The van der Waals surface area contributed by atoms with Gasteiger partial charge in [0.05, 0.1) is 5.69 Å². The molecule has 1 atom stereocenters. The Kier molecular flexibility index (Phi) is 3.86. The molecule has 0 aliphatic rings. The van der Waals surface area contributed by atoms with Gasteiger partial charge in [0.2, 0.25) is 0 Å². The summed E-state index contributed by atoms with van der Waals surface area (Å²) in [5, 5.41) is 5.45. The lowest BCUT2D eigenvalue weighted by Gasteiger charge is -2.16. The predicted molar refractivity (Wildman–Crippen MR) is 87.7 cm³/mol. The number of hydrogen-bond acceptors (Lipinski definition) is 3. The van der Waals surface area contributed by atoms with Gasteiger partial charge in [0.15, 0.2) is 4.96 Å². The monoisotopic (exact) mass is 383 g/mol. The SMILES string of the molecule is CNC(Cc1cn2ccsc2n1)c1ccccc1I. The molecule has 0 radical (unpaired) electrons. The van der Waals surface area contributed by atoms with Crippen molar-refractivity contribution in [2.45, 2.75) is 12.5 Å². The van der Waals surface area contributed by atoms with Crippen LogP contribution in [0.4, 0.5) is 0 Å². The Morgan fingerprint density at radius 3 is 3.00 bits per heavy atom. The van der Waals surface area contributed by atoms with E-state index in [1.54, 1.807) is 11.3 Å². The molecule has 0 aliphatic heterocycles. The minimum Gasteiger partial charge on any atom is -0.313 e. The molecular weight excluding hydrogens is 369 g/mol. The minimum atomic E-state index is 0.303. The first-order chi connectivity index (χ1) is 9.28. The van der Waals surface area contributed by atoms with Gasteiger partial charge in [-0.2, -0.15) is 0 Å². The van der Waals surface area contributed by atoms with Gasteiger partial charge in [-0.25, -0.2) is 4.98 Å². The largest absolute Gasteiger partial charge is 0.313 e. The Labute approximate surface area is 129 Å². The number of hydrogen-bond donors (Lipinski definition) is 1. The van der Waals surface area contributed by atoms with Crippen LogP contribution in [-0.4, -0.2) is 16.4 Å². The Balaban J connectivity index is 1.87. The Morgan fingerprint density at radius 2 is 2.26 bits per heavy atom. The van der Waals surface area contributed by atoms with Crippen LogP contribution in [0, 0.1) is 3.57 Å². The molecule has 0 aliphatic carbocycles. The van der Waals surface area contributed by atoms with E-state index in [4.69, 9.17) is 0 Å². The summed E-state index contributed by atoms with van der Waals surface area (Å²) < 4.78 is 3.38. The van der Waals surface area contributed by atoms with Crippen LogP contribution in [0.15, 0.2) is 42.0 Å². The summed E-state index contributed by atoms with van der Waals surface area (Å²) in [4.78, 5) is 5.72. The van der Waals surface area contributed by atoms with Crippen LogP contribution in [0.2, 0.25) is 0 Å². The second kappa shape index (κ2) is 5.60. The normalized spacial score (nSPS) is 12.9. The molecule has 2 heterocycles. The third-order valence-corrected chi connectivity index (χ3v) is 4.94. The molecule has 0 saturated carbocycles. The van der Waals surface area contributed by atoms with Gasteiger partial charge in [0, 0.05) is 33.8 Å². The highest BCUT2D eigenvalue weighted by Crippen LogP contribution is 2.23. The van der Waals surface area contributed by atoms with Crippen molar-refractivity contribution in [1.29, 1.82) is 0 Å². The minimum absolute atomic E-state index is 0.303. The van der Waals surface area contributed by atoms with Crippen molar-refractivity contribution in [2.24, 2.45) is 0 Å². The summed E-state index contributed by atoms with van der Waals surface area (Å²) in [6.07, 6.45) is 5.08. The van der Waals surface area contributed by atoms with E-state index in [9.17, 15) is 0 Å². The predicted octanol–water partition coefficient (Wildman–Crippen LogP) is 3.50. The topological polar surface area (TPSA) is 29.3 Å². The lowest BCUT2D eigenvalue weighted by molar-refractivity contribution is 0.583. The Morgan fingerprint density at radius 1 is 1.42 bits per heavy atom. The second-order valence-corrected chi connectivity index (χ2v) is 6.43. The summed E-state index contributed by atoms with van der Waals surface area (Å²) in [5.74, 6) is 0. The fraction of sp³-hybridized carbons (Fsp3) is 0.214. The molecular formula is C14H14IN3S. The van der Waals surface area contributed by atoms with Crippen LogP contribution >= 0.6 is 33.9 Å². The number of likely N-dealkylation sites (N-methyl/N-ethyl adjacent to an activating group) is 1. The third kappa shape index (κ3) is 2.68. The lowest BCUT2D eigenvalue weighted by atomic mass is 10.0. The average molecular weight is 383 g/mol. The summed E-state index contributed by atoms with van der Waals surface area (Å²) in [7, 11) is 2.01. The maximum atomic E-state index is 4.65. The Bertz CT molecular complexity index is 660. The van der Waals surface area contributed by atoms with Crippen molar-refractivity contribution in [3.05, 3.63) is 56.9 Å². The molecule has 0 saturated heterocycles. The number of fused-ring (bicyclic) bond motifs is 1. The zero-order chi connectivity index (χ0) is 13.2. The van der Waals surface area contributed by atoms with E-state index in [0.29, 0.717) is 6.04 Å². The molecule has 0 bridgehead atoms. The van der Waals surface area contributed by atoms with Crippen LogP contribution in [0.25, 0.3) is 4.96 Å². The molecule has 2 aromatic heterocycles. The number of aromatic nitrogens is 2. The molecule has 19 heavy (non-hydrogen) atoms. The highest BCUT2D eigenvalue weighted by molar-refractivity contribution is 14.1. The van der Waals surface area contributed by atoms with Gasteiger partial charge in [-0.3, -0.25) is 4.40 Å². The lowest BCUT2D eigenvalue weighted by Crippen LogP contribution is -2.20. The van der Waals surface area contributed by atoms with Crippen LogP contribution in [0.5, 0.6) is 0 Å². The van der Waals surface area contributed by atoms with Gasteiger partial charge < -0.3 is 5.32 Å². The smallest absolute Gasteiger partial charge is 0.193 e. The van der Waals surface area contributed by atoms with Crippen LogP contribution in [0.1, 0.15) is 17.3 Å². The number of rotatable bonds is 4. The fourth-order valence-electron chi connectivity index (χ4n) is 2.21. The van der Waals surface area contributed by atoms with Crippen molar-refractivity contribution >= 4 is 38.9 Å². The molecule has 3 rings (SSSR count). The van der Waals surface area contributed by atoms with E-state index >= 15 is 0 Å². The number of halogens is 1. The van der Waals surface area contributed by atoms with Crippen LogP contribution in [0.3, 0.4) is 0 Å². The van der Waals surface area contributed by atoms with Gasteiger partial charge in [0.1, 0.15) is 0 Å². The third-order valence-electron chi connectivity index (χ3n) is 3.19. The van der Waals surface area contributed by atoms with E-state index in [-0.39, 0.29) is 0 Å². The highest BCUT2D eigenvalue weighted by atomic mass is 127. The quantitative estimate of drug-likeness (QED) is 0.699. The molecule has 1 N–H and O–H groups in total. The zero-order valence-electron chi connectivity index (χ0n) is 10.5. The van der Waals surface area contributed by atoms with Gasteiger partial charge >= 0.3 is 0 Å². The molecule has 0 amide bonds. The van der Waals surface area contributed by atoms with Gasteiger partial charge in [0.25, 0.3) is 0 Å². The van der Waals surface area contributed by atoms with Crippen LogP contribution < -0.4 is 5.32 Å². The zero-order valence-corrected chi connectivity index (χ0v) is 13.5. The molecule has 3 nitrogen and oxygen atoms in total. The maximum absolute atomic E-state index is 4.65. The van der Waals surface area contributed by atoms with E-state index in [2.05, 4.69) is 79.3 Å². The first-order valence-corrected chi connectivity index (χ1v) is 8.06. The van der Waals surface area contributed by atoms with Crippen molar-refractivity contribution in [3.63, 3.8) is 0 Å². The van der Waals surface area contributed by atoms with Crippen molar-refractivity contribution in [1.82, 2.24) is 14.7 Å². The Hall–Kier alpha value is -0.920. The van der Waals surface area contributed by atoms with Crippen molar-refractivity contribution < 1.29 is 0 Å². The van der Waals surface area contributed by atoms with Crippen molar-refractivity contribution in [2.75, 3.05) is 7.05 Å². The fourth-order valence-corrected chi connectivity index (χ4v) is 3.69. The molecule has 98 valence electrons. The summed E-state index contributed by atoms with van der Waals surface area (Å²) >= 11 is 4.06. The van der Waals surface area contributed by atoms with E-state index in [1.165, 1.54) is 9.13 Å². The van der Waals surface area contributed by atoms with Gasteiger partial charge in [-0.05, 0) is 41.3 Å². The number of benzene rings is 1. The highest BCUT2D eigenvalue weighted by Gasteiger charge is 2.14. The van der Waals surface area contributed by atoms with Crippen LogP contribution in [-0.2, 0) is 6.42 Å². The summed E-state index contributed by atoms with van der Waals surface area (Å²) in [5.41, 5.74) is 2.47. The van der Waals surface area contributed by atoms with Crippen molar-refractivity contribution in [3.8, 4) is 0 Å². The first kappa shape index (κ1) is 13.1. The first-order valence-electron chi connectivity index (χ1n) is 6.10. The van der Waals surface area contributed by atoms with Gasteiger partial charge in [-0.15, -0.1) is 11.3 Å². The molecule has 0 spiro atoms. The van der Waals surface area contributed by atoms with E-state index < -0.39 is 0 Å². The number of nitrogens with zero attached hydrogens (tertiary/aromatic N) is 2. The standard InChI is InChI=1S/C14H14IN3S/c1-16-13(11-4-2-3-5-12(11)15)8-10-9-18-6-7-19-14(18)17-10/h2-7,9,13,16H,8H2,1H3. The molecule has 5 heteroatoms. The van der Waals surface area contributed by atoms with Gasteiger partial charge in [-0.1, -0.05) is 18.2 Å².